The first-order valence-electron chi connectivity index (χ1n) is 11.7. The number of halogens is 1. The predicted molar refractivity (Wildman–Crippen MR) is 145 cm³/mol. The molecule has 1 aliphatic heterocycles. The molecule has 2 heterocycles. The lowest BCUT2D eigenvalue weighted by Crippen LogP contribution is -2.43. The molecule has 0 amide bonds. The molecule has 1 fully saturated rings. The van der Waals surface area contributed by atoms with Gasteiger partial charge in [-0.25, -0.2) is 12.4 Å². The molecule has 1 saturated heterocycles. The van der Waals surface area contributed by atoms with Gasteiger partial charge in [0.05, 0.1) is 12.6 Å². The fraction of sp³-hybridized carbons (Fsp3) is 0.423. The molecule has 0 saturated carbocycles. The van der Waals surface area contributed by atoms with E-state index in [1.807, 2.05) is 32.9 Å². The van der Waals surface area contributed by atoms with Crippen LogP contribution in [0.3, 0.4) is 0 Å². The lowest BCUT2D eigenvalue weighted by Gasteiger charge is -2.32. The second-order valence-electron chi connectivity index (χ2n) is 9.67. The molecule has 0 radical (unpaired) electrons. The van der Waals surface area contributed by atoms with Gasteiger partial charge in [-0.15, -0.1) is 0 Å². The summed E-state index contributed by atoms with van der Waals surface area (Å²) in [6, 6.07) is 12.4. The van der Waals surface area contributed by atoms with Crippen molar-refractivity contribution in [1.82, 2.24) is 13.8 Å². The van der Waals surface area contributed by atoms with Crippen molar-refractivity contribution in [3.05, 3.63) is 58.7 Å². The van der Waals surface area contributed by atoms with E-state index in [0.29, 0.717) is 28.8 Å². The summed E-state index contributed by atoms with van der Waals surface area (Å²) < 4.78 is 38.8. The number of ether oxygens (including phenoxy) is 2. The molecule has 0 bridgehead atoms. The zero-order valence-corrected chi connectivity index (χ0v) is 23.8. The maximum atomic E-state index is 13.5. The van der Waals surface area contributed by atoms with Crippen molar-refractivity contribution in [1.29, 1.82) is 0 Å². The van der Waals surface area contributed by atoms with Crippen LogP contribution in [0.25, 0.3) is 10.9 Å². The van der Waals surface area contributed by atoms with E-state index < -0.39 is 10.0 Å². The van der Waals surface area contributed by atoms with Gasteiger partial charge >= 0.3 is 0 Å². The SMILES string of the molecule is CC(C)(C)OC=O.COc1ccc2c(c1)c(CN1CCN(C)CC1)cn2S(=O)(=O)c1ccccc1Br. The molecule has 0 spiro atoms. The molecule has 0 atom stereocenters. The minimum atomic E-state index is -3.74. The summed E-state index contributed by atoms with van der Waals surface area (Å²) in [6.45, 7) is 10.6. The van der Waals surface area contributed by atoms with E-state index in [-0.39, 0.29) is 10.5 Å². The van der Waals surface area contributed by atoms with E-state index in [1.54, 1.807) is 43.6 Å². The van der Waals surface area contributed by atoms with Crippen LogP contribution in [0.2, 0.25) is 0 Å². The summed E-state index contributed by atoms with van der Waals surface area (Å²) in [6.07, 6.45) is 1.76. The Labute approximate surface area is 222 Å². The average Bonchev–Trinajstić information content (AvgIpc) is 3.18. The zero-order valence-electron chi connectivity index (χ0n) is 21.4. The average molecular weight is 581 g/mol. The van der Waals surface area contributed by atoms with Crippen LogP contribution in [0.15, 0.2) is 58.0 Å². The second-order valence-corrected chi connectivity index (χ2v) is 12.3. The quantitative estimate of drug-likeness (QED) is 0.401. The number of methoxy groups -OCH3 is 1. The van der Waals surface area contributed by atoms with Crippen molar-refractivity contribution in [2.75, 3.05) is 40.3 Å². The molecular formula is C26H34BrN3O5S. The van der Waals surface area contributed by atoms with Crippen molar-refractivity contribution in [2.45, 2.75) is 37.8 Å². The van der Waals surface area contributed by atoms with Crippen molar-refractivity contribution < 1.29 is 22.7 Å². The number of fused-ring (bicyclic) bond motifs is 1. The third-order valence-electron chi connectivity index (χ3n) is 5.83. The molecule has 36 heavy (non-hydrogen) atoms. The van der Waals surface area contributed by atoms with Crippen LogP contribution in [0.4, 0.5) is 0 Å². The highest BCUT2D eigenvalue weighted by Crippen LogP contribution is 2.32. The van der Waals surface area contributed by atoms with Crippen LogP contribution >= 0.6 is 15.9 Å². The van der Waals surface area contributed by atoms with E-state index in [2.05, 4.69) is 37.5 Å². The fourth-order valence-corrected chi connectivity index (χ4v) is 6.21. The molecular weight excluding hydrogens is 546 g/mol. The van der Waals surface area contributed by atoms with Gasteiger partial charge in [-0.05, 0) is 79.6 Å². The monoisotopic (exact) mass is 579 g/mol. The Balaban J connectivity index is 0.000000454. The number of carbonyl (C=O) groups excluding carboxylic acids is 1. The molecule has 3 aromatic rings. The molecule has 10 heteroatoms. The number of benzene rings is 2. The summed E-state index contributed by atoms with van der Waals surface area (Å²) in [4.78, 5) is 14.5. The largest absolute Gasteiger partial charge is 0.497 e. The highest BCUT2D eigenvalue weighted by Gasteiger charge is 2.25. The van der Waals surface area contributed by atoms with Gasteiger partial charge in [-0.2, -0.15) is 0 Å². The summed E-state index contributed by atoms with van der Waals surface area (Å²) >= 11 is 3.38. The molecule has 0 aliphatic carbocycles. The molecule has 196 valence electrons. The zero-order chi connectivity index (χ0) is 26.5. The first-order chi connectivity index (χ1) is 17.0. The van der Waals surface area contributed by atoms with Crippen LogP contribution in [-0.4, -0.2) is 74.6 Å². The smallest absolute Gasteiger partial charge is 0.293 e. The van der Waals surface area contributed by atoms with Crippen LogP contribution in [0.5, 0.6) is 5.75 Å². The van der Waals surface area contributed by atoms with E-state index in [0.717, 1.165) is 37.1 Å². The van der Waals surface area contributed by atoms with Gasteiger partial charge in [-0.1, -0.05) is 12.1 Å². The lowest BCUT2D eigenvalue weighted by atomic mass is 10.1. The first-order valence-corrected chi connectivity index (χ1v) is 13.9. The normalized spacial score (nSPS) is 15.3. The molecule has 1 aliphatic rings. The number of hydrogen-bond acceptors (Lipinski definition) is 7. The predicted octanol–water partition coefficient (Wildman–Crippen LogP) is 4.35. The molecule has 8 nitrogen and oxygen atoms in total. The Kier molecular flexibility index (Phi) is 9.21. The maximum Gasteiger partial charge on any atom is 0.293 e. The van der Waals surface area contributed by atoms with Crippen molar-refractivity contribution >= 4 is 43.3 Å². The fourth-order valence-electron chi connectivity index (χ4n) is 3.85. The number of hydrogen-bond donors (Lipinski definition) is 0. The third kappa shape index (κ3) is 6.88. The Hall–Kier alpha value is -2.40. The van der Waals surface area contributed by atoms with Gasteiger partial charge in [0.1, 0.15) is 16.2 Å². The number of nitrogens with zero attached hydrogens (tertiary/aromatic N) is 3. The third-order valence-corrected chi connectivity index (χ3v) is 8.51. The van der Waals surface area contributed by atoms with E-state index in [9.17, 15) is 13.2 Å². The number of piperazine rings is 1. The van der Waals surface area contributed by atoms with E-state index in [4.69, 9.17) is 4.74 Å². The van der Waals surface area contributed by atoms with Gasteiger partial charge in [0.2, 0.25) is 0 Å². The molecule has 2 aromatic carbocycles. The number of likely N-dealkylation sites (N-methyl/N-ethyl adjacent to an activating group) is 1. The maximum absolute atomic E-state index is 13.5. The Bertz CT molecular complexity index is 1290. The minimum absolute atomic E-state index is 0.249. The van der Waals surface area contributed by atoms with Gasteiger partial charge < -0.3 is 14.4 Å². The van der Waals surface area contributed by atoms with Gasteiger partial charge in [0.15, 0.2) is 0 Å². The van der Waals surface area contributed by atoms with Crippen LogP contribution in [-0.2, 0) is 26.1 Å². The Morgan fingerprint density at radius 1 is 1.06 bits per heavy atom. The summed E-state index contributed by atoms with van der Waals surface area (Å²) in [7, 11) is 0.00219. The van der Waals surface area contributed by atoms with Crippen molar-refractivity contribution in [3.8, 4) is 5.75 Å². The highest BCUT2D eigenvalue weighted by molar-refractivity contribution is 9.10. The summed E-state index contributed by atoms with van der Waals surface area (Å²) in [5.74, 6) is 0.716. The van der Waals surface area contributed by atoms with E-state index >= 15 is 0 Å². The standard InChI is InChI=1S/C21H24BrN3O3S.C5H10O2/c1-23-9-11-24(12-10-23)14-16-15-25(20-8-7-17(28-2)13-18(16)20)29(26,27)21-6-4-3-5-19(21)22;1-5(2,3)7-4-6/h3-8,13,15H,9-12,14H2,1-2H3;4H,1-3H3. The number of carbonyl (C=O) groups is 1. The van der Waals surface area contributed by atoms with Crippen LogP contribution < -0.4 is 4.74 Å². The van der Waals surface area contributed by atoms with Gasteiger partial charge in [0, 0.05) is 48.8 Å². The van der Waals surface area contributed by atoms with Crippen LogP contribution in [0, 0.1) is 0 Å². The van der Waals surface area contributed by atoms with Crippen molar-refractivity contribution in [2.24, 2.45) is 0 Å². The topological polar surface area (TPSA) is 81.1 Å². The van der Waals surface area contributed by atoms with Gasteiger partial charge in [0.25, 0.3) is 16.5 Å². The van der Waals surface area contributed by atoms with Crippen molar-refractivity contribution in [3.63, 3.8) is 0 Å². The Morgan fingerprint density at radius 2 is 1.72 bits per heavy atom. The second kappa shape index (κ2) is 11.8. The molecule has 0 N–H and O–H groups in total. The first kappa shape index (κ1) is 28.2. The highest BCUT2D eigenvalue weighted by atomic mass is 79.9. The minimum Gasteiger partial charge on any atom is -0.497 e. The summed E-state index contributed by atoms with van der Waals surface area (Å²) in [5, 5.41) is 0.902. The molecule has 1 aromatic heterocycles. The summed E-state index contributed by atoms with van der Waals surface area (Å²) in [5.41, 5.74) is 1.33. The van der Waals surface area contributed by atoms with E-state index in [1.165, 1.54) is 3.97 Å². The lowest BCUT2D eigenvalue weighted by molar-refractivity contribution is -0.138. The number of rotatable bonds is 6. The van der Waals surface area contributed by atoms with Gasteiger partial charge in [-0.3, -0.25) is 9.69 Å². The molecule has 4 rings (SSSR count). The number of aromatic nitrogens is 1. The Morgan fingerprint density at radius 3 is 2.28 bits per heavy atom. The van der Waals surface area contributed by atoms with Crippen LogP contribution in [0.1, 0.15) is 26.3 Å². The molecule has 0 unspecified atom stereocenters.